The van der Waals surface area contributed by atoms with Crippen molar-refractivity contribution in [1.82, 2.24) is 4.90 Å². The first-order valence-electron chi connectivity index (χ1n) is 5.92. The van der Waals surface area contributed by atoms with E-state index < -0.39 is 17.7 Å². The summed E-state index contributed by atoms with van der Waals surface area (Å²) in [6.07, 6.45) is 0.516. The summed E-state index contributed by atoms with van der Waals surface area (Å²) >= 11 is 5.79. The van der Waals surface area contributed by atoms with Crippen LogP contribution in [0.4, 0.5) is 4.39 Å². The van der Waals surface area contributed by atoms with Crippen LogP contribution in [0.15, 0.2) is 18.2 Å². The number of amides is 1. The van der Waals surface area contributed by atoms with Crippen molar-refractivity contribution in [3.8, 4) is 0 Å². The van der Waals surface area contributed by atoms with Gasteiger partial charge in [0.2, 0.25) is 5.91 Å². The summed E-state index contributed by atoms with van der Waals surface area (Å²) in [6, 6.07) is 4.12. The lowest BCUT2D eigenvalue weighted by Crippen LogP contribution is -2.42. The summed E-state index contributed by atoms with van der Waals surface area (Å²) in [6.45, 7) is 0.162. The van der Waals surface area contributed by atoms with Gasteiger partial charge in [-0.15, -0.1) is 0 Å². The van der Waals surface area contributed by atoms with Crippen molar-refractivity contribution < 1.29 is 19.1 Å². The maximum absolute atomic E-state index is 13.6. The number of nitrogens with zero attached hydrogens (tertiary/aromatic N) is 1. The number of hydrogen-bond donors (Lipinski definition) is 1. The molecule has 19 heavy (non-hydrogen) atoms. The fourth-order valence-electron chi connectivity index (χ4n) is 2.14. The summed E-state index contributed by atoms with van der Waals surface area (Å²) in [5.74, 6) is -2.12. The number of carboxylic acids is 1. The number of aliphatic carboxylic acids is 1. The summed E-state index contributed by atoms with van der Waals surface area (Å²) in [5, 5.41) is 9.36. The van der Waals surface area contributed by atoms with Crippen molar-refractivity contribution >= 4 is 23.5 Å². The molecule has 1 amide bonds. The third-order valence-corrected chi connectivity index (χ3v) is 3.45. The number of benzene rings is 1. The molecular formula is C13H13ClFNO3. The molecule has 1 unspecified atom stereocenters. The van der Waals surface area contributed by atoms with Gasteiger partial charge in [-0.3, -0.25) is 9.59 Å². The van der Waals surface area contributed by atoms with Gasteiger partial charge in [0.05, 0.1) is 5.92 Å². The standard InChI is InChI=1S/C13H13ClFNO3/c14-10-2-3-11(15)9(5-10)7-16-6-8(13(18)19)1-4-12(16)17/h2-3,5,8H,1,4,6-7H2,(H,18,19). The molecule has 1 atom stereocenters. The number of carbonyl (C=O) groups is 2. The molecular weight excluding hydrogens is 273 g/mol. The fourth-order valence-corrected chi connectivity index (χ4v) is 2.33. The van der Waals surface area contributed by atoms with Gasteiger partial charge in [0.1, 0.15) is 5.82 Å². The van der Waals surface area contributed by atoms with Gasteiger partial charge in [-0.25, -0.2) is 4.39 Å². The van der Waals surface area contributed by atoms with Crippen molar-refractivity contribution in [2.45, 2.75) is 19.4 Å². The molecule has 0 aliphatic carbocycles. The molecule has 1 aliphatic heterocycles. The van der Waals surface area contributed by atoms with Gasteiger partial charge in [0.25, 0.3) is 0 Å². The molecule has 1 aromatic carbocycles. The molecule has 1 heterocycles. The van der Waals surface area contributed by atoms with Crippen LogP contribution >= 0.6 is 11.6 Å². The van der Waals surface area contributed by atoms with E-state index in [2.05, 4.69) is 0 Å². The van der Waals surface area contributed by atoms with Gasteiger partial charge in [-0.05, 0) is 24.6 Å². The second-order valence-corrected chi connectivity index (χ2v) is 5.02. The smallest absolute Gasteiger partial charge is 0.308 e. The minimum absolute atomic E-state index is 0.0506. The van der Waals surface area contributed by atoms with Crippen molar-refractivity contribution in [3.05, 3.63) is 34.6 Å². The van der Waals surface area contributed by atoms with Crippen molar-refractivity contribution in [3.63, 3.8) is 0 Å². The van der Waals surface area contributed by atoms with Crippen molar-refractivity contribution in [2.75, 3.05) is 6.54 Å². The van der Waals surface area contributed by atoms with E-state index >= 15 is 0 Å². The minimum atomic E-state index is -0.927. The average Bonchev–Trinajstić information content (AvgIpc) is 2.36. The van der Waals surface area contributed by atoms with E-state index in [1.807, 2.05) is 0 Å². The molecule has 0 saturated carbocycles. The second kappa shape index (κ2) is 5.57. The van der Waals surface area contributed by atoms with Gasteiger partial charge in [-0.1, -0.05) is 11.6 Å². The molecule has 0 aromatic heterocycles. The van der Waals surface area contributed by atoms with E-state index in [0.29, 0.717) is 17.0 Å². The van der Waals surface area contributed by atoms with Gasteiger partial charge in [-0.2, -0.15) is 0 Å². The molecule has 4 nitrogen and oxygen atoms in total. The van der Waals surface area contributed by atoms with Crippen LogP contribution in [0.25, 0.3) is 0 Å². The minimum Gasteiger partial charge on any atom is -0.481 e. The third-order valence-electron chi connectivity index (χ3n) is 3.22. The molecule has 2 rings (SSSR count). The predicted molar refractivity (Wildman–Crippen MR) is 67.2 cm³/mol. The van der Waals surface area contributed by atoms with Crippen LogP contribution in [0.1, 0.15) is 18.4 Å². The van der Waals surface area contributed by atoms with Crippen LogP contribution in [-0.2, 0) is 16.1 Å². The molecule has 1 aromatic rings. The van der Waals surface area contributed by atoms with Crippen LogP contribution in [0, 0.1) is 11.7 Å². The number of carboxylic acid groups (broad SMARTS) is 1. The van der Waals surface area contributed by atoms with E-state index in [1.165, 1.54) is 23.1 Å². The SMILES string of the molecule is O=C(O)C1CCC(=O)N(Cc2cc(Cl)ccc2F)C1. The number of carbonyl (C=O) groups excluding carboxylic acids is 1. The Morgan fingerprint density at radius 1 is 1.53 bits per heavy atom. The molecule has 1 N–H and O–H groups in total. The second-order valence-electron chi connectivity index (χ2n) is 4.58. The number of rotatable bonds is 3. The highest BCUT2D eigenvalue weighted by atomic mass is 35.5. The Labute approximate surface area is 114 Å². The van der Waals surface area contributed by atoms with E-state index in [4.69, 9.17) is 16.7 Å². The molecule has 1 aliphatic rings. The van der Waals surface area contributed by atoms with Crippen LogP contribution < -0.4 is 0 Å². The molecule has 0 radical (unpaired) electrons. The quantitative estimate of drug-likeness (QED) is 0.927. The highest BCUT2D eigenvalue weighted by Gasteiger charge is 2.30. The van der Waals surface area contributed by atoms with Crippen LogP contribution in [0.3, 0.4) is 0 Å². The molecule has 102 valence electrons. The Bertz CT molecular complexity index is 521. The van der Waals surface area contributed by atoms with Gasteiger partial charge >= 0.3 is 5.97 Å². The highest BCUT2D eigenvalue weighted by molar-refractivity contribution is 6.30. The average molecular weight is 286 g/mol. The molecule has 1 fully saturated rings. The normalized spacial score (nSPS) is 19.6. The van der Waals surface area contributed by atoms with Gasteiger partial charge in [0.15, 0.2) is 0 Å². The third kappa shape index (κ3) is 3.23. The fraction of sp³-hybridized carbons (Fsp3) is 0.385. The topological polar surface area (TPSA) is 57.6 Å². The molecule has 0 bridgehead atoms. The summed E-state index contributed by atoms with van der Waals surface area (Å²) in [5.41, 5.74) is 0.298. The molecule has 0 spiro atoms. The Balaban J connectivity index is 2.14. The largest absolute Gasteiger partial charge is 0.481 e. The van der Waals surface area contributed by atoms with Crippen LogP contribution in [0.2, 0.25) is 5.02 Å². The number of hydrogen-bond acceptors (Lipinski definition) is 2. The first kappa shape index (κ1) is 13.8. The Morgan fingerprint density at radius 3 is 2.95 bits per heavy atom. The number of piperidine rings is 1. The lowest BCUT2D eigenvalue weighted by molar-refractivity contribution is -0.147. The summed E-state index contributed by atoms with van der Waals surface area (Å²) in [7, 11) is 0. The molecule has 1 saturated heterocycles. The van der Waals surface area contributed by atoms with E-state index in [0.717, 1.165) is 0 Å². The van der Waals surface area contributed by atoms with Crippen molar-refractivity contribution in [2.24, 2.45) is 5.92 Å². The highest BCUT2D eigenvalue weighted by Crippen LogP contribution is 2.22. The first-order chi connectivity index (χ1) is 8.97. The lowest BCUT2D eigenvalue weighted by Gasteiger charge is -2.30. The lowest BCUT2D eigenvalue weighted by atomic mass is 9.97. The maximum Gasteiger partial charge on any atom is 0.308 e. The zero-order chi connectivity index (χ0) is 14.0. The Morgan fingerprint density at radius 2 is 2.26 bits per heavy atom. The van der Waals surface area contributed by atoms with E-state index in [1.54, 1.807) is 0 Å². The summed E-state index contributed by atoms with van der Waals surface area (Å²) < 4.78 is 13.6. The Hall–Kier alpha value is -1.62. The zero-order valence-corrected chi connectivity index (χ0v) is 10.9. The monoisotopic (exact) mass is 285 g/mol. The predicted octanol–water partition coefficient (Wildman–Crippen LogP) is 2.30. The molecule has 6 heteroatoms. The van der Waals surface area contributed by atoms with Crippen LogP contribution in [0.5, 0.6) is 0 Å². The van der Waals surface area contributed by atoms with Gasteiger partial charge in [0, 0.05) is 30.1 Å². The maximum atomic E-state index is 13.6. The Kier molecular flexibility index (Phi) is 4.04. The summed E-state index contributed by atoms with van der Waals surface area (Å²) in [4.78, 5) is 24.1. The van der Waals surface area contributed by atoms with E-state index in [-0.39, 0.29) is 25.4 Å². The number of halogens is 2. The number of likely N-dealkylation sites (tertiary alicyclic amines) is 1. The van der Waals surface area contributed by atoms with Crippen LogP contribution in [-0.4, -0.2) is 28.4 Å². The van der Waals surface area contributed by atoms with Crippen molar-refractivity contribution in [1.29, 1.82) is 0 Å². The first-order valence-corrected chi connectivity index (χ1v) is 6.29. The zero-order valence-electron chi connectivity index (χ0n) is 10.1. The van der Waals surface area contributed by atoms with E-state index in [9.17, 15) is 14.0 Å². The van der Waals surface area contributed by atoms with Gasteiger partial charge < -0.3 is 10.0 Å².